The Kier molecular flexibility index (Phi) is 2.05. The van der Waals surface area contributed by atoms with E-state index in [1.54, 1.807) is 0 Å². The second kappa shape index (κ2) is 3.21. The number of nitrogens with zero attached hydrogens (tertiary/aromatic N) is 1. The van der Waals surface area contributed by atoms with Crippen LogP contribution in [0.25, 0.3) is 0 Å². The average Bonchev–Trinajstić information content (AvgIpc) is 2.49. The van der Waals surface area contributed by atoms with Crippen molar-refractivity contribution in [3.8, 4) is 5.75 Å². The molecule has 0 atom stereocenters. The molecular weight excluding hydrogens is 162 g/mol. The van der Waals surface area contributed by atoms with Crippen molar-refractivity contribution in [1.29, 1.82) is 0 Å². The van der Waals surface area contributed by atoms with Crippen molar-refractivity contribution in [2.24, 2.45) is 4.99 Å². The summed E-state index contributed by atoms with van der Waals surface area (Å²) in [5.41, 5.74) is 2.48. The van der Waals surface area contributed by atoms with E-state index in [4.69, 9.17) is 4.74 Å². The van der Waals surface area contributed by atoms with Crippen LogP contribution in [0.5, 0.6) is 5.75 Å². The minimum absolute atomic E-state index is 0.233. The summed E-state index contributed by atoms with van der Waals surface area (Å²) in [6.45, 7) is 4.87. The predicted molar refractivity (Wildman–Crippen MR) is 53.5 cm³/mol. The maximum Gasteiger partial charge on any atom is 0.120 e. The topological polar surface area (TPSA) is 21.6 Å². The largest absolute Gasteiger partial charge is 0.491 e. The first kappa shape index (κ1) is 8.30. The third-order valence-corrected chi connectivity index (χ3v) is 1.98. The van der Waals surface area contributed by atoms with Crippen LogP contribution in [0.1, 0.15) is 25.0 Å². The van der Waals surface area contributed by atoms with E-state index in [1.165, 1.54) is 11.1 Å². The van der Waals surface area contributed by atoms with Crippen LogP contribution in [0, 0.1) is 0 Å². The molecule has 13 heavy (non-hydrogen) atoms. The summed E-state index contributed by atoms with van der Waals surface area (Å²) in [4.78, 5) is 4.19. The molecule has 1 aliphatic heterocycles. The van der Waals surface area contributed by atoms with Crippen LogP contribution in [-0.4, -0.2) is 12.3 Å². The molecule has 0 aromatic heterocycles. The number of hydrogen-bond acceptors (Lipinski definition) is 2. The molecule has 0 saturated carbocycles. The van der Waals surface area contributed by atoms with Gasteiger partial charge < -0.3 is 4.74 Å². The number of rotatable bonds is 2. The van der Waals surface area contributed by atoms with Crippen molar-refractivity contribution in [2.75, 3.05) is 0 Å². The Labute approximate surface area is 78.3 Å². The first-order chi connectivity index (χ1) is 6.25. The van der Waals surface area contributed by atoms with Gasteiger partial charge in [-0.05, 0) is 31.5 Å². The standard InChI is InChI=1S/C11H13NO/c1-8(2)13-11-4-3-9-6-12-7-10(9)5-11/h3-5,7-8H,6H2,1-2H3. The minimum atomic E-state index is 0.233. The van der Waals surface area contributed by atoms with Crippen molar-refractivity contribution < 1.29 is 4.74 Å². The van der Waals surface area contributed by atoms with Gasteiger partial charge in [-0.3, -0.25) is 4.99 Å². The van der Waals surface area contributed by atoms with Crippen molar-refractivity contribution in [2.45, 2.75) is 26.5 Å². The highest BCUT2D eigenvalue weighted by atomic mass is 16.5. The first-order valence-corrected chi connectivity index (χ1v) is 4.55. The van der Waals surface area contributed by atoms with E-state index in [9.17, 15) is 0 Å². The Morgan fingerprint density at radius 2 is 2.23 bits per heavy atom. The van der Waals surface area contributed by atoms with Crippen molar-refractivity contribution in [3.63, 3.8) is 0 Å². The Morgan fingerprint density at radius 3 is 3.00 bits per heavy atom. The summed E-state index contributed by atoms with van der Waals surface area (Å²) < 4.78 is 5.58. The zero-order chi connectivity index (χ0) is 9.26. The lowest BCUT2D eigenvalue weighted by molar-refractivity contribution is 0.242. The molecule has 2 nitrogen and oxygen atoms in total. The van der Waals surface area contributed by atoms with Gasteiger partial charge in [0.15, 0.2) is 0 Å². The Balaban J connectivity index is 2.25. The molecule has 0 unspecified atom stereocenters. The molecule has 1 aliphatic rings. The van der Waals surface area contributed by atoms with Crippen molar-refractivity contribution in [1.82, 2.24) is 0 Å². The zero-order valence-corrected chi connectivity index (χ0v) is 7.95. The van der Waals surface area contributed by atoms with Crippen LogP contribution in [-0.2, 0) is 6.54 Å². The van der Waals surface area contributed by atoms with E-state index < -0.39 is 0 Å². The molecule has 1 heterocycles. The summed E-state index contributed by atoms with van der Waals surface area (Å²) in [5, 5.41) is 0. The maximum absolute atomic E-state index is 5.58. The smallest absolute Gasteiger partial charge is 0.120 e. The molecule has 0 bridgehead atoms. The lowest BCUT2D eigenvalue weighted by Crippen LogP contribution is -2.05. The van der Waals surface area contributed by atoms with Gasteiger partial charge >= 0.3 is 0 Å². The molecule has 68 valence electrons. The second-order valence-corrected chi connectivity index (χ2v) is 3.50. The lowest BCUT2D eigenvalue weighted by Gasteiger charge is -2.10. The number of benzene rings is 1. The minimum Gasteiger partial charge on any atom is -0.491 e. The van der Waals surface area contributed by atoms with Crippen LogP contribution in [0.4, 0.5) is 0 Å². The quantitative estimate of drug-likeness (QED) is 0.676. The van der Waals surface area contributed by atoms with Crippen LogP contribution in [0.2, 0.25) is 0 Å². The van der Waals surface area contributed by atoms with Crippen LogP contribution >= 0.6 is 0 Å². The zero-order valence-electron chi connectivity index (χ0n) is 7.95. The normalized spacial score (nSPS) is 13.5. The molecule has 2 rings (SSSR count). The molecular formula is C11H13NO. The number of fused-ring (bicyclic) bond motifs is 1. The Morgan fingerprint density at radius 1 is 1.38 bits per heavy atom. The average molecular weight is 175 g/mol. The number of aliphatic imine (C=N–C) groups is 1. The van der Waals surface area contributed by atoms with Gasteiger partial charge in [0, 0.05) is 11.8 Å². The van der Waals surface area contributed by atoms with Crippen LogP contribution in [0.3, 0.4) is 0 Å². The monoisotopic (exact) mass is 175 g/mol. The highest BCUT2D eigenvalue weighted by molar-refractivity contribution is 5.84. The highest BCUT2D eigenvalue weighted by Gasteiger charge is 2.07. The summed E-state index contributed by atoms with van der Waals surface area (Å²) in [6, 6.07) is 6.14. The molecule has 2 heteroatoms. The molecule has 0 fully saturated rings. The molecule has 0 spiro atoms. The van der Waals surface area contributed by atoms with Gasteiger partial charge in [0.25, 0.3) is 0 Å². The number of ether oxygens (including phenoxy) is 1. The van der Waals surface area contributed by atoms with Crippen molar-refractivity contribution >= 4 is 6.21 Å². The van der Waals surface area contributed by atoms with Crippen molar-refractivity contribution in [3.05, 3.63) is 29.3 Å². The molecule has 1 aromatic carbocycles. The summed E-state index contributed by atoms with van der Waals surface area (Å²) in [6.07, 6.45) is 2.14. The Bertz CT molecular complexity index is 342. The van der Waals surface area contributed by atoms with Gasteiger partial charge in [-0.25, -0.2) is 0 Å². The lowest BCUT2D eigenvalue weighted by atomic mass is 10.1. The van der Waals surface area contributed by atoms with Gasteiger partial charge in [-0.15, -0.1) is 0 Å². The summed E-state index contributed by atoms with van der Waals surface area (Å²) >= 11 is 0. The van der Waals surface area contributed by atoms with Gasteiger partial charge in [0.2, 0.25) is 0 Å². The molecule has 0 N–H and O–H groups in total. The summed E-state index contributed by atoms with van der Waals surface area (Å²) in [7, 11) is 0. The Hall–Kier alpha value is -1.31. The fraction of sp³-hybridized carbons (Fsp3) is 0.364. The first-order valence-electron chi connectivity index (χ1n) is 4.55. The van der Waals surface area contributed by atoms with Gasteiger partial charge in [-0.1, -0.05) is 6.07 Å². The third kappa shape index (κ3) is 1.72. The van der Waals surface area contributed by atoms with E-state index >= 15 is 0 Å². The molecule has 0 aliphatic carbocycles. The van der Waals surface area contributed by atoms with Gasteiger partial charge in [-0.2, -0.15) is 0 Å². The molecule has 1 aromatic rings. The SMILES string of the molecule is CC(C)Oc1ccc2c(c1)C=NC2. The predicted octanol–water partition coefficient (Wildman–Crippen LogP) is 2.41. The highest BCUT2D eigenvalue weighted by Crippen LogP contribution is 2.21. The summed E-state index contributed by atoms with van der Waals surface area (Å²) in [5.74, 6) is 0.933. The third-order valence-electron chi connectivity index (χ3n) is 1.98. The van der Waals surface area contributed by atoms with E-state index in [0.29, 0.717) is 0 Å². The second-order valence-electron chi connectivity index (χ2n) is 3.50. The van der Waals surface area contributed by atoms with E-state index in [0.717, 1.165) is 12.3 Å². The molecule has 0 amide bonds. The fourth-order valence-electron chi connectivity index (χ4n) is 1.43. The van der Waals surface area contributed by atoms with Gasteiger partial charge in [0.05, 0.1) is 12.6 Å². The fourth-order valence-corrected chi connectivity index (χ4v) is 1.43. The molecule has 0 saturated heterocycles. The van der Waals surface area contributed by atoms with E-state index in [-0.39, 0.29) is 6.10 Å². The number of hydrogen-bond donors (Lipinski definition) is 0. The maximum atomic E-state index is 5.58. The van der Waals surface area contributed by atoms with Crippen LogP contribution < -0.4 is 4.74 Å². The van der Waals surface area contributed by atoms with E-state index in [1.807, 2.05) is 32.2 Å². The van der Waals surface area contributed by atoms with Gasteiger partial charge in [0.1, 0.15) is 5.75 Å². The van der Waals surface area contributed by atoms with Crippen LogP contribution in [0.15, 0.2) is 23.2 Å². The molecule has 0 radical (unpaired) electrons. The van der Waals surface area contributed by atoms with E-state index in [2.05, 4.69) is 11.1 Å².